The third-order valence-electron chi connectivity index (χ3n) is 7.09. The van der Waals surface area contributed by atoms with Gasteiger partial charge in [-0.25, -0.2) is 9.97 Å². The van der Waals surface area contributed by atoms with Gasteiger partial charge in [-0.3, -0.25) is 9.59 Å². The second-order valence-electron chi connectivity index (χ2n) is 9.53. The fraction of sp³-hybridized carbons (Fsp3) is 0.267. The largest absolute Gasteiger partial charge is 0.469 e. The highest BCUT2D eigenvalue weighted by Crippen LogP contribution is 2.39. The van der Waals surface area contributed by atoms with E-state index in [9.17, 15) is 9.59 Å². The lowest BCUT2D eigenvalue weighted by atomic mass is 9.85. The zero-order valence-electron chi connectivity index (χ0n) is 21.2. The van der Waals surface area contributed by atoms with Crippen LogP contribution in [0.1, 0.15) is 52.7 Å². The molecule has 1 amide bonds. The molecule has 1 N–H and O–H groups in total. The van der Waals surface area contributed by atoms with Crippen LogP contribution in [0.25, 0.3) is 27.0 Å². The monoisotopic (exact) mass is 511 g/mol. The Balaban J connectivity index is 1.34. The lowest BCUT2D eigenvalue weighted by Crippen LogP contribution is -2.12. The summed E-state index contributed by atoms with van der Waals surface area (Å²) in [7, 11) is 1.44. The fourth-order valence-electron chi connectivity index (χ4n) is 4.72. The first-order valence-corrected chi connectivity index (χ1v) is 13.3. The highest BCUT2D eigenvalue weighted by molar-refractivity contribution is 7.18. The molecule has 0 bridgehead atoms. The molecule has 0 saturated heterocycles. The van der Waals surface area contributed by atoms with E-state index in [1.807, 2.05) is 49.4 Å². The van der Waals surface area contributed by atoms with Crippen LogP contribution >= 0.6 is 11.3 Å². The van der Waals surface area contributed by atoms with E-state index in [-0.39, 0.29) is 11.9 Å². The molecule has 0 radical (unpaired) electrons. The average Bonchev–Trinajstić information content (AvgIpc) is 3.35. The number of anilines is 1. The van der Waals surface area contributed by atoms with Gasteiger partial charge in [0.25, 0.3) is 5.91 Å². The Bertz CT molecular complexity index is 1500. The number of aromatic nitrogens is 2. The van der Waals surface area contributed by atoms with Crippen LogP contribution in [0.15, 0.2) is 60.2 Å². The number of nitrogens with one attached hydrogen (secondary N) is 1. The van der Waals surface area contributed by atoms with E-state index in [2.05, 4.69) is 33.7 Å². The van der Waals surface area contributed by atoms with Crippen LogP contribution in [0.4, 0.5) is 5.69 Å². The number of carbonyl (C=O) groups excluding carboxylic acids is 2. The van der Waals surface area contributed by atoms with E-state index in [1.54, 1.807) is 17.7 Å². The predicted octanol–water partition coefficient (Wildman–Crippen LogP) is 6.97. The number of aryl methyl sites for hydroxylation is 2. The molecule has 1 unspecified atom stereocenters. The van der Waals surface area contributed by atoms with Crippen LogP contribution in [0.5, 0.6) is 0 Å². The molecule has 188 valence electrons. The molecule has 2 aromatic heterocycles. The van der Waals surface area contributed by atoms with Gasteiger partial charge >= 0.3 is 5.97 Å². The molecule has 2 heterocycles. The first kappa shape index (κ1) is 24.8. The highest BCUT2D eigenvalue weighted by atomic mass is 32.1. The van der Waals surface area contributed by atoms with Crippen molar-refractivity contribution in [1.29, 1.82) is 0 Å². The smallest absolute Gasteiger partial charge is 0.305 e. The van der Waals surface area contributed by atoms with E-state index >= 15 is 0 Å². The Kier molecular flexibility index (Phi) is 7.15. The van der Waals surface area contributed by atoms with Crippen molar-refractivity contribution in [2.24, 2.45) is 5.92 Å². The molecule has 0 spiro atoms. The summed E-state index contributed by atoms with van der Waals surface area (Å²) in [4.78, 5) is 33.6. The number of ether oxygens (including phenoxy) is 1. The van der Waals surface area contributed by atoms with E-state index in [0.29, 0.717) is 17.9 Å². The SMILES string of the molecule is COC(=O)CC1CC=C(c2csc3c(-c4ccc(C(=O)Nc5ccc(C)c(C)c5)cc4)ncnc23)CC1. The Hall–Kier alpha value is -3.84. The minimum atomic E-state index is -0.144. The fourth-order valence-corrected chi connectivity index (χ4v) is 5.78. The summed E-state index contributed by atoms with van der Waals surface area (Å²) >= 11 is 1.64. The lowest BCUT2D eigenvalue weighted by molar-refractivity contribution is -0.141. The molecule has 0 fully saturated rings. The third-order valence-corrected chi connectivity index (χ3v) is 8.06. The normalized spacial score (nSPS) is 15.3. The van der Waals surface area contributed by atoms with Crippen molar-refractivity contribution in [2.45, 2.75) is 39.5 Å². The Morgan fingerprint density at radius 3 is 2.59 bits per heavy atom. The molecule has 1 aliphatic carbocycles. The van der Waals surface area contributed by atoms with Gasteiger partial charge in [0.2, 0.25) is 0 Å². The summed E-state index contributed by atoms with van der Waals surface area (Å²) in [5, 5.41) is 5.13. The van der Waals surface area contributed by atoms with Crippen LogP contribution < -0.4 is 5.32 Å². The second kappa shape index (κ2) is 10.6. The molecule has 1 aliphatic rings. The summed E-state index contributed by atoms with van der Waals surface area (Å²) in [6, 6.07) is 13.4. The average molecular weight is 512 g/mol. The van der Waals surface area contributed by atoms with Gasteiger partial charge in [-0.05, 0) is 80.0 Å². The second-order valence-corrected chi connectivity index (χ2v) is 10.4. The molecular weight excluding hydrogens is 482 g/mol. The molecule has 4 aromatic rings. The van der Waals surface area contributed by atoms with Crippen LogP contribution in [0.3, 0.4) is 0 Å². The highest BCUT2D eigenvalue weighted by Gasteiger charge is 2.21. The number of allylic oxidation sites excluding steroid dienone is 2. The zero-order valence-corrected chi connectivity index (χ0v) is 22.0. The number of hydrogen-bond donors (Lipinski definition) is 1. The van der Waals surface area contributed by atoms with Crippen molar-refractivity contribution >= 4 is 44.7 Å². The maximum atomic E-state index is 12.8. The maximum Gasteiger partial charge on any atom is 0.305 e. The van der Waals surface area contributed by atoms with Crippen LogP contribution in [-0.2, 0) is 9.53 Å². The first-order valence-electron chi connectivity index (χ1n) is 12.4. The van der Waals surface area contributed by atoms with Gasteiger partial charge in [0, 0.05) is 34.2 Å². The number of esters is 1. The Morgan fingerprint density at radius 1 is 1.08 bits per heavy atom. The third kappa shape index (κ3) is 5.32. The Morgan fingerprint density at radius 2 is 1.89 bits per heavy atom. The van der Waals surface area contributed by atoms with Crippen molar-refractivity contribution < 1.29 is 14.3 Å². The van der Waals surface area contributed by atoms with Crippen molar-refractivity contribution in [3.63, 3.8) is 0 Å². The van der Waals surface area contributed by atoms with Crippen LogP contribution in [0.2, 0.25) is 0 Å². The van der Waals surface area contributed by atoms with Crippen LogP contribution in [-0.4, -0.2) is 29.0 Å². The Labute approximate surface area is 220 Å². The van der Waals surface area contributed by atoms with Gasteiger partial charge in [-0.2, -0.15) is 0 Å². The number of amides is 1. The summed E-state index contributed by atoms with van der Waals surface area (Å²) < 4.78 is 5.85. The summed E-state index contributed by atoms with van der Waals surface area (Å²) in [6.45, 7) is 4.08. The van der Waals surface area contributed by atoms with Crippen molar-refractivity contribution in [3.05, 3.63) is 82.5 Å². The number of nitrogens with zero attached hydrogens (tertiary/aromatic N) is 2. The van der Waals surface area contributed by atoms with E-state index in [4.69, 9.17) is 4.74 Å². The van der Waals surface area contributed by atoms with E-state index in [0.717, 1.165) is 57.6 Å². The molecule has 1 atom stereocenters. The maximum absolute atomic E-state index is 12.8. The molecule has 0 saturated carbocycles. The van der Waals surface area contributed by atoms with Gasteiger partial charge in [0.15, 0.2) is 0 Å². The van der Waals surface area contributed by atoms with Gasteiger partial charge < -0.3 is 10.1 Å². The quantitative estimate of drug-likeness (QED) is 0.283. The van der Waals surface area contributed by atoms with Crippen molar-refractivity contribution in [3.8, 4) is 11.3 Å². The summed E-state index contributed by atoms with van der Waals surface area (Å²) in [5.41, 5.74) is 8.88. The van der Waals surface area contributed by atoms with Gasteiger partial charge in [-0.15, -0.1) is 11.3 Å². The van der Waals surface area contributed by atoms with Gasteiger partial charge in [0.1, 0.15) is 6.33 Å². The molecular formula is C30H29N3O3S. The van der Waals surface area contributed by atoms with Gasteiger partial charge in [0.05, 0.1) is 23.0 Å². The lowest BCUT2D eigenvalue weighted by Gasteiger charge is -2.20. The minimum absolute atomic E-state index is 0.143. The number of thiophene rings is 1. The summed E-state index contributed by atoms with van der Waals surface area (Å²) in [5.74, 6) is 0.0433. The number of methoxy groups -OCH3 is 1. The standard InChI is InChI=1S/C30H29N3O3S/c1-18-4-13-24(14-19(18)2)33-30(35)23-11-9-22(10-12-23)27-29-28(32-17-31-27)25(16-37-29)21-7-5-20(6-8-21)15-26(34)36-3/h4,7,9-14,16-17,20H,5-6,8,15H2,1-3H3,(H,33,35). The van der Waals surface area contributed by atoms with Gasteiger partial charge in [-0.1, -0.05) is 24.3 Å². The predicted molar refractivity (Wildman–Crippen MR) is 149 cm³/mol. The number of benzene rings is 2. The topological polar surface area (TPSA) is 81.2 Å². The van der Waals surface area contributed by atoms with Crippen molar-refractivity contribution in [2.75, 3.05) is 12.4 Å². The molecule has 7 heteroatoms. The number of fused-ring (bicyclic) bond motifs is 1. The number of carbonyl (C=O) groups is 2. The number of hydrogen-bond acceptors (Lipinski definition) is 6. The van der Waals surface area contributed by atoms with E-state index in [1.165, 1.54) is 18.2 Å². The molecule has 6 nitrogen and oxygen atoms in total. The zero-order chi connectivity index (χ0) is 25.9. The molecule has 37 heavy (non-hydrogen) atoms. The van der Waals surface area contributed by atoms with Crippen molar-refractivity contribution in [1.82, 2.24) is 9.97 Å². The number of rotatable bonds is 6. The van der Waals surface area contributed by atoms with E-state index < -0.39 is 0 Å². The summed E-state index contributed by atoms with van der Waals surface area (Å²) in [6.07, 6.45) is 7.06. The van der Waals surface area contributed by atoms with Crippen LogP contribution in [0, 0.1) is 19.8 Å². The minimum Gasteiger partial charge on any atom is -0.469 e. The first-order chi connectivity index (χ1) is 17.9. The molecule has 2 aromatic carbocycles. The molecule has 5 rings (SSSR count). The molecule has 0 aliphatic heterocycles.